The fraction of sp³-hybridized carbons (Fsp3) is 0.0690. The van der Waals surface area contributed by atoms with Crippen molar-refractivity contribution in [2.75, 3.05) is 4.90 Å². The number of esters is 1. The summed E-state index contributed by atoms with van der Waals surface area (Å²) in [6, 6.07) is 21.7. The quantitative estimate of drug-likeness (QED) is 0.276. The topological polar surface area (TPSA) is 98.0 Å². The number of hydrogen-bond donors (Lipinski definition) is 0. The number of hydrogen-bond acceptors (Lipinski definition) is 6. The highest BCUT2D eigenvalue weighted by Gasteiger charge is 2.33. The van der Waals surface area contributed by atoms with Gasteiger partial charge in [-0.1, -0.05) is 24.3 Å². The van der Waals surface area contributed by atoms with Crippen LogP contribution in [0.5, 0.6) is 0 Å². The predicted octanol–water partition coefficient (Wildman–Crippen LogP) is 4.31. The van der Waals surface area contributed by atoms with E-state index in [4.69, 9.17) is 4.74 Å². The fourth-order valence-electron chi connectivity index (χ4n) is 4.56. The average Bonchev–Trinajstić information content (AvgIpc) is 2.90. The number of aryl methyl sites for hydroxylation is 1. The van der Waals surface area contributed by atoms with E-state index >= 15 is 0 Å². The summed E-state index contributed by atoms with van der Waals surface area (Å²) in [7, 11) is 0. The first kappa shape index (κ1) is 22.4. The van der Waals surface area contributed by atoms with E-state index in [2.05, 4.69) is 4.98 Å². The van der Waals surface area contributed by atoms with Gasteiger partial charge in [-0.25, -0.2) is 14.7 Å². The van der Waals surface area contributed by atoms with Crippen LogP contribution in [0, 0.1) is 6.92 Å². The highest BCUT2D eigenvalue weighted by molar-refractivity contribution is 6.35. The maximum Gasteiger partial charge on any atom is 0.338 e. The van der Waals surface area contributed by atoms with E-state index in [1.165, 1.54) is 34.7 Å². The van der Waals surface area contributed by atoms with Gasteiger partial charge in [0.15, 0.2) is 0 Å². The number of carbonyl (C=O) groups excluding carboxylic acids is 3. The predicted molar refractivity (Wildman–Crippen MR) is 137 cm³/mol. The molecular formula is C29H19N3O5. The zero-order valence-corrected chi connectivity index (χ0v) is 19.7. The number of amides is 2. The molecule has 3 heterocycles. The molecular weight excluding hydrogens is 470 g/mol. The normalized spacial score (nSPS) is 12.8. The number of pyridine rings is 1. The van der Waals surface area contributed by atoms with E-state index < -0.39 is 17.8 Å². The minimum Gasteiger partial charge on any atom is -0.456 e. The molecule has 8 nitrogen and oxygen atoms in total. The molecule has 0 saturated carbocycles. The summed E-state index contributed by atoms with van der Waals surface area (Å²) in [4.78, 5) is 56.9. The van der Waals surface area contributed by atoms with Crippen molar-refractivity contribution in [2.24, 2.45) is 0 Å². The highest BCUT2D eigenvalue weighted by Crippen LogP contribution is 2.32. The Morgan fingerprint density at radius 1 is 0.865 bits per heavy atom. The van der Waals surface area contributed by atoms with Gasteiger partial charge in [0.2, 0.25) is 0 Å². The number of rotatable bonds is 4. The molecule has 37 heavy (non-hydrogen) atoms. The SMILES string of the molecule is Cc1ccn2c(=O)cc(COC(=O)c3ccc(N4C(=O)c5cccc6cccc(c56)C4=O)cc3)nc2c1. The van der Waals surface area contributed by atoms with E-state index in [1.807, 2.05) is 25.1 Å². The number of carbonyl (C=O) groups is 3. The Hall–Kier alpha value is -5.11. The van der Waals surface area contributed by atoms with E-state index in [1.54, 1.807) is 36.5 Å². The van der Waals surface area contributed by atoms with Gasteiger partial charge < -0.3 is 4.74 Å². The zero-order valence-electron chi connectivity index (χ0n) is 19.7. The molecule has 0 fully saturated rings. The number of aromatic nitrogens is 2. The second-order valence-corrected chi connectivity index (χ2v) is 8.80. The molecule has 3 aromatic carbocycles. The molecule has 0 aliphatic carbocycles. The van der Waals surface area contributed by atoms with Crippen molar-refractivity contribution in [3.8, 4) is 0 Å². The Bertz CT molecular complexity index is 1770. The lowest BCUT2D eigenvalue weighted by molar-refractivity contribution is 0.0467. The molecule has 0 N–H and O–H groups in total. The maximum absolute atomic E-state index is 13.2. The number of benzene rings is 3. The molecule has 1 aliphatic rings. The van der Waals surface area contributed by atoms with Crippen LogP contribution in [0.25, 0.3) is 16.4 Å². The summed E-state index contributed by atoms with van der Waals surface area (Å²) < 4.78 is 6.78. The second kappa shape index (κ2) is 8.53. The van der Waals surface area contributed by atoms with Crippen molar-refractivity contribution < 1.29 is 19.1 Å². The van der Waals surface area contributed by atoms with Gasteiger partial charge in [-0.15, -0.1) is 0 Å². The van der Waals surface area contributed by atoms with Crippen LogP contribution in [0.4, 0.5) is 5.69 Å². The van der Waals surface area contributed by atoms with E-state index in [0.29, 0.717) is 33.5 Å². The summed E-state index contributed by atoms with van der Waals surface area (Å²) in [6.45, 7) is 1.72. The number of ether oxygens (including phenoxy) is 1. The van der Waals surface area contributed by atoms with E-state index in [-0.39, 0.29) is 17.7 Å². The lowest BCUT2D eigenvalue weighted by Gasteiger charge is -2.27. The molecule has 6 rings (SSSR count). The minimum atomic E-state index is -0.621. The first-order chi connectivity index (χ1) is 17.9. The van der Waals surface area contributed by atoms with Gasteiger partial charge in [0.05, 0.1) is 16.9 Å². The lowest BCUT2D eigenvalue weighted by atomic mass is 9.94. The zero-order chi connectivity index (χ0) is 25.7. The van der Waals surface area contributed by atoms with Crippen molar-refractivity contribution in [1.82, 2.24) is 9.38 Å². The van der Waals surface area contributed by atoms with Crippen molar-refractivity contribution >= 4 is 39.9 Å². The third-order valence-corrected chi connectivity index (χ3v) is 6.36. The van der Waals surface area contributed by atoms with Gasteiger partial charge >= 0.3 is 5.97 Å². The van der Waals surface area contributed by atoms with Crippen LogP contribution in [-0.2, 0) is 11.3 Å². The first-order valence-corrected chi connectivity index (χ1v) is 11.6. The van der Waals surface area contributed by atoms with Crippen LogP contribution in [0.3, 0.4) is 0 Å². The molecule has 0 saturated heterocycles. The fourth-order valence-corrected chi connectivity index (χ4v) is 4.56. The molecule has 0 bridgehead atoms. The molecule has 0 unspecified atom stereocenters. The molecule has 0 radical (unpaired) electrons. The summed E-state index contributed by atoms with van der Waals surface area (Å²) in [5.74, 6) is -1.47. The largest absolute Gasteiger partial charge is 0.456 e. The van der Waals surface area contributed by atoms with Crippen LogP contribution in [-0.4, -0.2) is 27.2 Å². The van der Waals surface area contributed by atoms with E-state index in [9.17, 15) is 19.2 Å². The molecule has 2 aromatic heterocycles. The molecule has 8 heteroatoms. The van der Waals surface area contributed by atoms with Crippen LogP contribution < -0.4 is 10.5 Å². The molecule has 180 valence electrons. The Labute approximate surface area is 210 Å². The summed E-state index contributed by atoms with van der Waals surface area (Å²) >= 11 is 0. The number of imide groups is 1. The monoisotopic (exact) mass is 489 g/mol. The maximum atomic E-state index is 13.2. The highest BCUT2D eigenvalue weighted by atomic mass is 16.5. The van der Waals surface area contributed by atoms with Crippen molar-refractivity contribution in [2.45, 2.75) is 13.5 Å². The second-order valence-electron chi connectivity index (χ2n) is 8.80. The molecule has 1 aliphatic heterocycles. The number of fused-ring (bicyclic) bond motifs is 1. The van der Waals surface area contributed by atoms with Gasteiger partial charge in [0.1, 0.15) is 12.3 Å². The summed E-state index contributed by atoms with van der Waals surface area (Å²) in [6.07, 6.45) is 1.65. The van der Waals surface area contributed by atoms with Gasteiger partial charge in [0, 0.05) is 28.8 Å². The lowest BCUT2D eigenvalue weighted by Crippen LogP contribution is -2.40. The Morgan fingerprint density at radius 2 is 1.54 bits per heavy atom. The molecule has 5 aromatic rings. The minimum absolute atomic E-state index is 0.176. The number of anilines is 1. The summed E-state index contributed by atoms with van der Waals surface area (Å²) in [5.41, 5.74) is 2.96. The summed E-state index contributed by atoms with van der Waals surface area (Å²) in [5, 5.41) is 1.47. The van der Waals surface area contributed by atoms with Gasteiger partial charge in [-0.3, -0.25) is 18.8 Å². The van der Waals surface area contributed by atoms with Crippen LogP contribution in [0.15, 0.2) is 89.9 Å². The van der Waals surface area contributed by atoms with Gasteiger partial charge in [-0.2, -0.15) is 0 Å². The molecule has 2 amide bonds. The van der Waals surface area contributed by atoms with E-state index in [0.717, 1.165) is 15.8 Å². The standard InChI is InChI=1S/C29H19N3O5/c1-17-12-13-31-24(14-17)30-20(15-25(31)33)16-37-29(36)19-8-10-21(11-9-19)32-27(34)22-6-2-4-18-5-3-7-23(26(18)22)28(32)35/h2-15H,16H2,1H3. The van der Waals surface area contributed by atoms with Crippen LogP contribution in [0.2, 0.25) is 0 Å². The Balaban J connectivity index is 1.22. The molecule has 0 spiro atoms. The average molecular weight is 489 g/mol. The van der Waals surface area contributed by atoms with Crippen molar-refractivity contribution in [3.05, 3.63) is 123 Å². The van der Waals surface area contributed by atoms with Crippen LogP contribution in [0.1, 0.15) is 42.3 Å². The Morgan fingerprint density at radius 3 is 2.22 bits per heavy atom. The third kappa shape index (κ3) is 3.75. The van der Waals surface area contributed by atoms with Crippen LogP contribution >= 0.6 is 0 Å². The van der Waals surface area contributed by atoms with Gasteiger partial charge in [0.25, 0.3) is 17.4 Å². The number of nitrogens with zero attached hydrogens (tertiary/aromatic N) is 3. The smallest absolute Gasteiger partial charge is 0.338 e. The first-order valence-electron chi connectivity index (χ1n) is 11.6. The van der Waals surface area contributed by atoms with Crippen molar-refractivity contribution in [3.63, 3.8) is 0 Å². The van der Waals surface area contributed by atoms with Crippen molar-refractivity contribution in [1.29, 1.82) is 0 Å². The third-order valence-electron chi connectivity index (χ3n) is 6.36. The Kier molecular flexibility index (Phi) is 5.15. The molecule has 0 atom stereocenters. The van der Waals surface area contributed by atoms with Gasteiger partial charge in [-0.05, 0) is 66.4 Å².